The maximum absolute atomic E-state index is 4.88. The molecule has 0 spiro atoms. The summed E-state index contributed by atoms with van der Waals surface area (Å²) < 4.78 is 1.94. The van der Waals surface area contributed by atoms with Crippen molar-refractivity contribution in [3.05, 3.63) is 78.8 Å². The summed E-state index contributed by atoms with van der Waals surface area (Å²) in [7, 11) is 0. The van der Waals surface area contributed by atoms with E-state index >= 15 is 0 Å². The molecule has 162 valence electrons. The van der Waals surface area contributed by atoms with Crippen LogP contribution in [0.2, 0.25) is 0 Å². The van der Waals surface area contributed by atoms with Gasteiger partial charge in [-0.3, -0.25) is 4.98 Å². The van der Waals surface area contributed by atoms with Crippen molar-refractivity contribution >= 4 is 0 Å². The Labute approximate surface area is 189 Å². The predicted octanol–water partition coefficient (Wildman–Crippen LogP) is 4.87. The first-order chi connectivity index (χ1) is 15.1. The van der Waals surface area contributed by atoms with E-state index in [1.54, 1.807) is 12.5 Å². The Bertz CT molecular complexity index is 1240. The number of hydrogen-bond acceptors (Lipinski definition) is 5. The molecule has 0 radical (unpaired) electrons. The maximum atomic E-state index is 4.88. The van der Waals surface area contributed by atoms with Gasteiger partial charge in [-0.1, -0.05) is 57.6 Å². The number of aromatic nitrogens is 6. The highest BCUT2D eigenvalue weighted by Gasteiger charge is 2.26. The Kier molecular flexibility index (Phi) is 5.55. The topological polar surface area (TPSA) is 68.3 Å². The molecule has 4 heterocycles. The summed E-state index contributed by atoms with van der Waals surface area (Å²) in [6.07, 6.45) is 7.38. The molecular weight excluding hydrogens is 396 g/mol. The molecule has 0 saturated carbocycles. The fraction of sp³-hybridized carbons (Fsp3) is 0.308. The summed E-state index contributed by atoms with van der Waals surface area (Å²) >= 11 is 0. The van der Waals surface area contributed by atoms with E-state index in [1.165, 1.54) is 0 Å². The largest absolute Gasteiger partial charge is 0.438 e. The zero-order chi connectivity index (χ0) is 22.9. The van der Waals surface area contributed by atoms with Gasteiger partial charge in [0.2, 0.25) is 0 Å². The van der Waals surface area contributed by atoms with E-state index in [0.717, 1.165) is 34.0 Å². The van der Waals surface area contributed by atoms with Gasteiger partial charge in [-0.25, -0.2) is 14.5 Å². The molecule has 4 aromatic heterocycles. The fourth-order valence-corrected chi connectivity index (χ4v) is 3.26. The number of hydrogen-bond donors (Lipinski definition) is 0. The van der Waals surface area contributed by atoms with Crippen LogP contribution in [-0.4, -0.2) is 24.9 Å². The smallest absolute Gasteiger partial charge is 0.253 e. The highest BCUT2D eigenvalue weighted by atomic mass is 15.1. The lowest BCUT2D eigenvalue weighted by Gasteiger charge is -2.17. The summed E-state index contributed by atoms with van der Waals surface area (Å²) in [6, 6.07) is 13.9. The maximum Gasteiger partial charge on any atom is 0.438 e. The lowest BCUT2D eigenvalue weighted by molar-refractivity contribution is -0.603. The predicted molar refractivity (Wildman–Crippen MR) is 125 cm³/mol. The van der Waals surface area contributed by atoms with E-state index in [1.807, 2.05) is 59.4 Å². The minimum Gasteiger partial charge on any atom is -0.253 e. The minimum atomic E-state index is -0.131. The molecular formula is C26H29N6+. The molecule has 0 N–H and O–H groups in total. The SMILES string of the molecule is CC(C)(C)c1cc(-c2ccc[n+](-c3nc(-c4ccccn4)cc(C(C)(C)C)n3)c2)ncn1. The Morgan fingerprint density at radius 1 is 0.688 bits per heavy atom. The van der Waals surface area contributed by atoms with Gasteiger partial charge in [0.15, 0.2) is 5.69 Å². The van der Waals surface area contributed by atoms with Crippen LogP contribution in [0.15, 0.2) is 67.4 Å². The van der Waals surface area contributed by atoms with E-state index in [-0.39, 0.29) is 10.8 Å². The molecule has 0 aliphatic rings. The molecule has 32 heavy (non-hydrogen) atoms. The minimum absolute atomic E-state index is 0.0514. The Morgan fingerprint density at radius 3 is 2.12 bits per heavy atom. The first-order valence-electron chi connectivity index (χ1n) is 10.8. The molecule has 0 aliphatic heterocycles. The highest BCUT2D eigenvalue weighted by Crippen LogP contribution is 2.26. The second kappa shape index (κ2) is 8.19. The van der Waals surface area contributed by atoms with Crippen molar-refractivity contribution in [3.8, 4) is 28.6 Å². The van der Waals surface area contributed by atoms with Gasteiger partial charge in [0.1, 0.15) is 17.7 Å². The van der Waals surface area contributed by atoms with Crippen LogP contribution < -0.4 is 4.57 Å². The fourth-order valence-electron chi connectivity index (χ4n) is 3.26. The molecule has 0 aromatic carbocycles. The van der Waals surface area contributed by atoms with Crippen LogP contribution in [0, 0.1) is 0 Å². The zero-order valence-corrected chi connectivity index (χ0v) is 19.5. The molecule has 4 rings (SSSR count). The summed E-state index contributed by atoms with van der Waals surface area (Å²) in [5, 5.41) is 0. The molecule has 0 amide bonds. The number of nitrogens with zero attached hydrogens (tertiary/aromatic N) is 6. The Balaban J connectivity index is 1.83. The van der Waals surface area contributed by atoms with Crippen molar-refractivity contribution in [1.29, 1.82) is 0 Å². The van der Waals surface area contributed by atoms with Gasteiger partial charge in [-0.2, -0.15) is 0 Å². The third-order valence-electron chi connectivity index (χ3n) is 5.17. The molecule has 0 aliphatic carbocycles. The normalized spacial score (nSPS) is 12.1. The van der Waals surface area contributed by atoms with Gasteiger partial charge in [-0.15, -0.1) is 0 Å². The third kappa shape index (κ3) is 4.69. The van der Waals surface area contributed by atoms with Crippen molar-refractivity contribution in [1.82, 2.24) is 24.9 Å². The van der Waals surface area contributed by atoms with E-state index in [0.29, 0.717) is 5.95 Å². The summed E-state index contributed by atoms with van der Waals surface area (Å²) in [5.41, 5.74) is 5.25. The molecule has 6 nitrogen and oxygen atoms in total. The number of rotatable bonds is 3. The summed E-state index contributed by atoms with van der Waals surface area (Å²) in [6.45, 7) is 12.9. The number of pyridine rings is 2. The first kappa shape index (κ1) is 21.7. The molecule has 0 unspecified atom stereocenters. The third-order valence-corrected chi connectivity index (χ3v) is 5.17. The van der Waals surface area contributed by atoms with Gasteiger partial charge < -0.3 is 0 Å². The van der Waals surface area contributed by atoms with Crippen LogP contribution in [0.1, 0.15) is 52.9 Å². The molecule has 0 saturated heterocycles. The highest BCUT2D eigenvalue weighted by molar-refractivity contribution is 5.57. The second-order valence-electron chi connectivity index (χ2n) is 9.94. The second-order valence-corrected chi connectivity index (χ2v) is 9.94. The molecule has 0 atom stereocenters. The van der Waals surface area contributed by atoms with E-state index in [9.17, 15) is 0 Å². The summed E-state index contributed by atoms with van der Waals surface area (Å²) in [4.78, 5) is 23.2. The van der Waals surface area contributed by atoms with Crippen LogP contribution in [0.4, 0.5) is 0 Å². The molecule has 4 aromatic rings. The van der Waals surface area contributed by atoms with Gasteiger partial charge in [0.25, 0.3) is 0 Å². The van der Waals surface area contributed by atoms with Gasteiger partial charge in [0.05, 0.1) is 18.1 Å². The molecule has 0 bridgehead atoms. The van der Waals surface area contributed by atoms with Gasteiger partial charge >= 0.3 is 5.95 Å². The van der Waals surface area contributed by atoms with E-state index < -0.39 is 0 Å². The average molecular weight is 426 g/mol. The molecule has 6 heteroatoms. The Morgan fingerprint density at radius 2 is 1.44 bits per heavy atom. The van der Waals surface area contributed by atoms with Crippen molar-refractivity contribution in [2.75, 3.05) is 0 Å². The van der Waals surface area contributed by atoms with Crippen LogP contribution in [0.3, 0.4) is 0 Å². The lowest BCUT2D eigenvalue weighted by atomic mass is 9.91. The Hall–Kier alpha value is -3.54. The van der Waals surface area contributed by atoms with Crippen LogP contribution >= 0.6 is 0 Å². The first-order valence-corrected chi connectivity index (χ1v) is 10.8. The van der Waals surface area contributed by atoms with Crippen molar-refractivity contribution in [2.45, 2.75) is 52.4 Å². The van der Waals surface area contributed by atoms with Gasteiger partial charge in [0, 0.05) is 34.4 Å². The van der Waals surface area contributed by atoms with Crippen LogP contribution in [0.5, 0.6) is 0 Å². The zero-order valence-electron chi connectivity index (χ0n) is 19.5. The molecule has 0 fully saturated rings. The van der Waals surface area contributed by atoms with Crippen LogP contribution in [0.25, 0.3) is 28.6 Å². The van der Waals surface area contributed by atoms with Crippen molar-refractivity contribution < 1.29 is 4.57 Å². The van der Waals surface area contributed by atoms with Crippen molar-refractivity contribution in [3.63, 3.8) is 0 Å². The van der Waals surface area contributed by atoms with E-state index in [4.69, 9.17) is 9.97 Å². The summed E-state index contributed by atoms with van der Waals surface area (Å²) in [5.74, 6) is 0.602. The van der Waals surface area contributed by atoms with Crippen LogP contribution in [-0.2, 0) is 10.8 Å². The quantitative estimate of drug-likeness (QED) is 0.438. The van der Waals surface area contributed by atoms with Gasteiger partial charge in [-0.05, 0) is 30.3 Å². The van der Waals surface area contributed by atoms with Crippen molar-refractivity contribution in [2.24, 2.45) is 0 Å². The standard InChI is InChI=1S/C26H29N6/c1-25(2,3)22-14-20(28-17-29-22)18-10-9-13-32(16-18)24-30-21(19-11-7-8-12-27-19)15-23(31-24)26(4,5)6/h7-17H,1-6H3/q+1. The average Bonchev–Trinajstić information content (AvgIpc) is 2.78. The lowest BCUT2D eigenvalue weighted by Crippen LogP contribution is -2.34. The van der Waals surface area contributed by atoms with E-state index in [2.05, 4.69) is 56.5 Å². The monoisotopic (exact) mass is 425 g/mol.